The molecule has 1 rings (SSSR count). The summed E-state index contributed by atoms with van der Waals surface area (Å²) in [7, 11) is 0. The molecule has 192 valence electrons. The maximum atomic E-state index is 12.6. The molecule has 1 heterocycles. The lowest BCUT2D eigenvalue weighted by atomic mass is 10.1. The lowest BCUT2D eigenvalue weighted by molar-refractivity contribution is 0.338. The molecule has 0 bridgehead atoms. The molecule has 0 fully saturated rings. The van der Waals surface area contributed by atoms with Crippen LogP contribution in [0, 0.1) is 5.41 Å². The molecule has 0 aliphatic carbocycles. The van der Waals surface area contributed by atoms with E-state index in [0.29, 0.717) is 13.1 Å². The second kappa shape index (κ2) is 19.9. The third-order valence-electron chi connectivity index (χ3n) is 6.83. The zero-order valence-corrected chi connectivity index (χ0v) is 21.9. The highest BCUT2D eigenvalue weighted by atomic mass is 16.3. The van der Waals surface area contributed by atoms with Gasteiger partial charge in [0.05, 0.1) is 0 Å². The average Bonchev–Trinajstić information content (AvgIpc) is 3.04. The molecule has 0 atom stereocenters. The SMILES string of the molecule is CCCCCCCCCCCCn1c(O)c(C=N)c(=O)n1CCCCCCCCCCCC. The molecule has 5 nitrogen and oxygen atoms in total. The van der Waals surface area contributed by atoms with Gasteiger partial charge < -0.3 is 10.5 Å². The van der Waals surface area contributed by atoms with Gasteiger partial charge in [0, 0.05) is 19.3 Å². The summed E-state index contributed by atoms with van der Waals surface area (Å²) in [6.45, 7) is 5.80. The molecule has 0 saturated carbocycles. The number of nitrogens with zero attached hydrogens (tertiary/aromatic N) is 2. The van der Waals surface area contributed by atoms with E-state index in [-0.39, 0.29) is 17.0 Å². The number of rotatable bonds is 23. The van der Waals surface area contributed by atoms with Gasteiger partial charge in [0.1, 0.15) is 5.56 Å². The minimum atomic E-state index is -0.217. The van der Waals surface area contributed by atoms with Crippen LogP contribution in [-0.4, -0.2) is 20.7 Å². The maximum Gasteiger partial charge on any atom is 0.279 e. The van der Waals surface area contributed by atoms with Gasteiger partial charge in [-0.15, -0.1) is 0 Å². The zero-order valence-electron chi connectivity index (χ0n) is 21.9. The van der Waals surface area contributed by atoms with Crippen LogP contribution in [0.2, 0.25) is 0 Å². The quantitative estimate of drug-likeness (QED) is 0.127. The Balaban J connectivity index is 2.30. The molecule has 1 aromatic rings. The number of aromatic nitrogens is 2. The van der Waals surface area contributed by atoms with Crippen LogP contribution in [0.5, 0.6) is 5.88 Å². The first-order valence-electron chi connectivity index (χ1n) is 14.2. The van der Waals surface area contributed by atoms with Crippen molar-refractivity contribution in [1.82, 2.24) is 9.36 Å². The molecule has 5 heteroatoms. The summed E-state index contributed by atoms with van der Waals surface area (Å²) in [6, 6.07) is 0. The van der Waals surface area contributed by atoms with E-state index in [1.54, 1.807) is 9.36 Å². The Kier molecular flexibility index (Phi) is 17.8. The van der Waals surface area contributed by atoms with Crippen LogP contribution in [-0.2, 0) is 13.1 Å². The van der Waals surface area contributed by atoms with Crippen molar-refractivity contribution in [1.29, 1.82) is 5.41 Å². The van der Waals surface area contributed by atoms with Gasteiger partial charge in [0.2, 0.25) is 5.88 Å². The second-order valence-corrected chi connectivity index (χ2v) is 9.80. The Labute approximate surface area is 203 Å². The first-order valence-corrected chi connectivity index (χ1v) is 14.2. The fourth-order valence-electron chi connectivity index (χ4n) is 4.67. The third kappa shape index (κ3) is 12.5. The van der Waals surface area contributed by atoms with E-state index in [2.05, 4.69) is 13.8 Å². The van der Waals surface area contributed by atoms with E-state index >= 15 is 0 Å². The third-order valence-corrected chi connectivity index (χ3v) is 6.83. The van der Waals surface area contributed by atoms with E-state index < -0.39 is 0 Å². The van der Waals surface area contributed by atoms with Crippen molar-refractivity contribution >= 4 is 6.21 Å². The minimum Gasteiger partial charge on any atom is -0.493 e. The first kappa shape index (κ1) is 29.5. The van der Waals surface area contributed by atoms with Gasteiger partial charge in [-0.1, -0.05) is 129 Å². The Morgan fingerprint density at radius 3 is 1.30 bits per heavy atom. The van der Waals surface area contributed by atoms with Crippen molar-refractivity contribution in [3.63, 3.8) is 0 Å². The standard InChI is InChI=1S/C28H53N3O2/c1-3-5-7-9-11-13-15-17-19-21-23-30-27(32)26(25-29)28(33)31(30)24-22-20-18-16-14-12-10-8-6-4-2/h25,29,32H,3-24H2,1-2H3. The van der Waals surface area contributed by atoms with E-state index in [0.717, 1.165) is 31.9 Å². The van der Waals surface area contributed by atoms with Gasteiger partial charge in [-0.2, -0.15) is 0 Å². The molecule has 0 aliphatic rings. The number of nitrogens with one attached hydrogen (secondary N) is 1. The lowest BCUT2D eigenvalue weighted by Gasteiger charge is -2.12. The summed E-state index contributed by atoms with van der Waals surface area (Å²) in [6.07, 6.45) is 26.3. The molecular weight excluding hydrogens is 410 g/mol. The summed E-state index contributed by atoms with van der Waals surface area (Å²) in [5.74, 6) is -0.0296. The molecule has 0 spiro atoms. The second-order valence-electron chi connectivity index (χ2n) is 9.80. The molecule has 0 saturated heterocycles. The summed E-state index contributed by atoms with van der Waals surface area (Å²) in [5, 5.41) is 18.0. The van der Waals surface area contributed by atoms with Crippen molar-refractivity contribution in [3.8, 4) is 5.88 Å². The van der Waals surface area contributed by atoms with Crippen LogP contribution < -0.4 is 5.56 Å². The van der Waals surface area contributed by atoms with Crippen molar-refractivity contribution < 1.29 is 5.11 Å². The predicted octanol–water partition coefficient (Wildman–Crippen LogP) is 8.19. The Morgan fingerprint density at radius 2 is 0.939 bits per heavy atom. The van der Waals surface area contributed by atoms with Gasteiger partial charge in [0.15, 0.2) is 0 Å². The van der Waals surface area contributed by atoms with Crippen molar-refractivity contribution in [2.75, 3.05) is 0 Å². The zero-order chi connectivity index (χ0) is 24.2. The fourth-order valence-corrected chi connectivity index (χ4v) is 4.67. The number of hydrogen-bond donors (Lipinski definition) is 2. The average molecular weight is 464 g/mol. The number of aromatic hydroxyl groups is 1. The molecule has 0 radical (unpaired) electrons. The van der Waals surface area contributed by atoms with E-state index in [1.165, 1.54) is 103 Å². The number of unbranched alkanes of at least 4 members (excludes halogenated alkanes) is 18. The summed E-state index contributed by atoms with van der Waals surface area (Å²) < 4.78 is 3.40. The minimum absolute atomic E-state index is 0.0296. The highest BCUT2D eigenvalue weighted by Gasteiger charge is 2.17. The predicted molar refractivity (Wildman–Crippen MR) is 142 cm³/mol. The molecule has 2 N–H and O–H groups in total. The largest absolute Gasteiger partial charge is 0.493 e. The summed E-state index contributed by atoms with van der Waals surface area (Å²) in [5.41, 5.74) is -0.0836. The molecule has 33 heavy (non-hydrogen) atoms. The highest BCUT2D eigenvalue weighted by molar-refractivity contribution is 5.79. The van der Waals surface area contributed by atoms with Crippen molar-refractivity contribution in [3.05, 3.63) is 15.9 Å². The fraction of sp³-hybridized carbons (Fsp3) is 0.857. The van der Waals surface area contributed by atoms with Crippen LogP contribution in [0.15, 0.2) is 4.79 Å². The molecular formula is C28H53N3O2. The van der Waals surface area contributed by atoms with E-state index in [1.807, 2.05) is 0 Å². The molecule has 0 amide bonds. The Bertz CT molecular complexity index is 663. The molecule has 0 aliphatic heterocycles. The van der Waals surface area contributed by atoms with Gasteiger partial charge in [-0.25, -0.2) is 4.68 Å². The molecule has 0 unspecified atom stereocenters. The van der Waals surface area contributed by atoms with Gasteiger partial charge in [-0.05, 0) is 12.8 Å². The van der Waals surface area contributed by atoms with Crippen LogP contribution in [0.4, 0.5) is 0 Å². The summed E-state index contributed by atoms with van der Waals surface area (Å²) in [4.78, 5) is 12.6. The van der Waals surface area contributed by atoms with Gasteiger partial charge in [-0.3, -0.25) is 9.48 Å². The molecule has 1 aromatic heterocycles. The Hall–Kier alpha value is -1.52. The van der Waals surface area contributed by atoms with Crippen LogP contribution in [0.3, 0.4) is 0 Å². The van der Waals surface area contributed by atoms with E-state index in [9.17, 15) is 9.90 Å². The maximum absolute atomic E-state index is 12.6. The molecule has 0 aromatic carbocycles. The normalized spacial score (nSPS) is 11.3. The van der Waals surface area contributed by atoms with E-state index in [4.69, 9.17) is 5.41 Å². The number of hydrogen-bond acceptors (Lipinski definition) is 3. The first-order chi connectivity index (χ1) is 16.2. The summed E-state index contributed by atoms with van der Waals surface area (Å²) >= 11 is 0. The van der Waals surface area contributed by atoms with Crippen LogP contribution in [0.25, 0.3) is 0 Å². The van der Waals surface area contributed by atoms with Gasteiger partial charge in [0.25, 0.3) is 5.56 Å². The van der Waals surface area contributed by atoms with Gasteiger partial charge >= 0.3 is 0 Å². The lowest BCUT2D eigenvalue weighted by Crippen LogP contribution is -2.24. The smallest absolute Gasteiger partial charge is 0.279 e. The topological polar surface area (TPSA) is 71.0 Å². The Morgan fingerprint density at radius 1 is 0.606 bits per heavy atom. The van der Waals surface area contributed by atoms with Crippen molar-refractivity contribution in [2.45, 2.75) is 155 Å². The van der Waals surface area contributed by atoms with Crippen LogP contribution >= 0.6 is 0 Å². The van der Waals surface area contributed by atoms with Crippen LogP contribution in [0.1, 0.15) is 148 Å². The highest BCUT2D eigenvalue weighted by Crippen LogP contribution is 2.17. The monoisotopic (exact) mass is 463 g/mol. The van der Waals surface area contributed by atoms with Crippen molar-refractivity contribution in [2.24, 2.45) is 0 Å².